The van der Waals surface area contributed by atoms with Gasteiger partial charge in [0.1, 0.15) is 0 Å². The molecule has 26 heavy (non-hydrogen) atoms. The van der Waals surface area contributed by atoms with E-state index in [4.69, 9.17) is 17.0 Å². The van der Waals surface area contributed by atoms with Crippen LogP contribution in [0.2, 0.25) is 0 Å². The fourth-order valence-corrected chi connectivity index (χ4v) is 5.96. The summed E-state index contributed by atoms with van der Waals surface area (Å²) in [5.74, 6) is 4.68. The summed E-state index contributed by atoms with van der Waals surface area (Å²) in [4.78, 5) is 0. The van der Waals surface area contributed by atoms with Crippen LogP contribution in [0.15, 0.2) is 48.6 Å². The summed E-state index contributed by atoms with van der Waals surface area (Å²) in [5, 5.41) is 0. The molecule has 144 valence electrons. The van der Waals surface area contributed by atoms with Crippen LogP contribution in [0.5, 0.6) is 0 Å². The summed E-state index contributed by atoms with van der Waals surface area (Å²) in [5.41, 5.74) is 0.462. The SMILES string of the molecule is CC(C)(C1CCCC1)C1C2C=CC=CC2C2C=CC=CC21.[CH3-].[CH3-].[Cl][Zr+2][Cl]. The molecule has 0 aromatic carbocycles. The van der Waals surface area contributed by atoms with Crippen molar-refractivity contribution in [3.63, 3.8) is 0 Å². The molecule has 2 saturated carbocycles. The van der Waals surface area contributed by atoms with E-state index in [1.54, 1.807) is 0 Å². The first kappa shape index (κ1) is 24.5. The summed E-state index contributed by atoms with van der Waals surface area (Å²) in [6, 6.07) is 0. The van der Waals surface area contributed by atoms with Gasteiger partial charge in [0, 0.05) is 0 Å². The first-order chi connectivity index (χ1) is 11.6. The van der Waals surface area contributed by atoms with Gasteiger partial charge in [-0.25, -0.2) is 0 Å². The molecule has 0 aliphatic heterocycles. The van der Waals surface area contributed by atoms with Crippen molar-refractivity contribution in [3.8, 4) is 0 Å². The predicted octanol–water partition coefficient (Wildman–Crippen LogP) is 7.83. The molecule has 4 rings (SSSR count). The number of rotatable bonds is 2. The Bertz CT molecular complexity index is 506. The van der Waals surface area contributed by atoms with Crippen molar-refractivity contribution in [3.05, 3.63) is 63.5 Å². The Hall–Kier alpha value is 0.423. The molecule has 0 aromatic rings. The van der Waals surface area contributed by atoms with Gasteiger partial charge in [-0.05, 0) is 53.8 Å². The molecule has 0 radical (unpaired) electrons. The molecule has 4 atom stereocenters. The second-order valence-electron chi connectivity index (χ2n) is 8.25. The quantitative estimate of drug-likeness (QED) is 0.359. The molecule has 0 N–H and O–H groups in total. The van der Waals surface area contributed by atoms with Crippen LogP contribution in [-0.2, 0) is 20.8 Å². The molecule has 0 heterocycles. The Morgan fingerprint density at radius 2 is 1.08 bits per heavy atom. The third kappa shape index (κ3) is 4.69. The van der Waals surface area contributed by atoms with Crippen LogP contribution in [-0.4, -0.2) is 0 Å². The van der Waals surface area contributed by atoms with E-state index >= 15 is 0 Å². The van der Waals surface area contributed by atoms with E-state index in [0.29, 0.717) is 5.41 Å². The predicted molar refractivity (Wildman–Crippen MR) is 114 cm³/mol. The summed E-state index contributed by atoms with van der Waals surface area (Å²) < 4.78 is 0. The van der Waals surface area contributed by atoms with E-state index < -0.39 is 20.8 Å². The van der Waals surface area contributed by atoms with E-state index in [1.165, 1.54) is 25.7 Å². The summed E-state index contributed by atoms with van der Waals surface area (Å²) in [6.07, 6.45) is 25.0. The van der Waals surface area contributed by atoms with Gasteiger partial charge < -0.3 is 14.9 Å². The molecule has 0 amide bonds. The first-order valence-corrected chi connectivity index (χ1v) is 15.6. The van der Waals surface area contributed by atoms with Crippen molar-refractivity contribution in [2.24, 2.45) is 40.9 Å². The Kier molecular flexibility index (Phi) is 10.2. The van der Waals surface area contributed by atoms with Gasteiger partial charge in [0.05, 0.1) is 0 Å². The van der Waals surface area contributed by atoms with Gasteiger partial charge in [-0.3, -0.25) is 0 Å². The van der Waals surface area contributed by atoms with E-state index in [1.807, 2.05) is 0 Å². The Morgan fingerprint density at radius 1 is 0.731 bits per heavy atom. The van der Waals surface area contributed by atoms with Gasteiger partial charge >= 0.3 is 37.9 Å². The normalized spacial score (nSPS) is 33.9. The van der Waals surface area contributed by atoms with E-state index in [9.17, 15) is 0 Å². The van der Waals surface area contributed by atoms with Gasteiger partial charge in [0.25, 0.3) is 0 Å². The minimum absolute atomic E-state index is 0. The van der Waals surface area contributed by atoms with Crippen molar-refractivity contribution in [1.29, 1.82) is 0 Å². The molecule has 0 aromatic heterocycles. The third-order valence-corrected chi connectivity index (χ3v) is 6.98. The summed E-state index contributed by atoms with van der Waals surface area (Å²) in [7, 11) is 9.87. The average Bonchev–Trinajstić information content (AvgIpc) is 3.22. The molecule has 0 saturated heterocycles. The third-order valence-electron chi connectivity index (χ3n) is 6.98. The van der Waals surface area contributed by atoms with Gasteiger partial charge in [0.2, 0.25) is 0 Å². The van der Waals surface area contributed by atoms with Crippen molar-refractivity contribution in [1.82, 2.24) is 0 Å². The van der Waals surface area contributed by atoms with E-state index in [2.05, 4.69) is 62.5 Å². The Morgan fingerprint density at radius 3 is 1.46 bits per heavy atom. The van der Waals surface area contributed by atoms with Crippen molar-refractivity contribution < 1.29 is 20.8 Å². The molecule has 3 heteroatoms. The van der Waals surface area contributed by atoms with Crippen LogP contribution >= 0.6 is 17.0 Å². The zero-order valence-electron chi connectivity index (χ0n) is 16.7. The molecule has 2 fully saturated rings. The molecule has 4 unspecified atom stereocenters. The molecule has 0 bridgehead atoms. The summed E-state index contributed by atoms with van der Waals surface area (Å²) in [6.45, 7) is 5.15. The maximum atomic E-state index is 4.93. The zero-order chi connectivity index (χ0) is 17.2. The van der Waals surface area contributed by atoms with Crippen LogP contribution in [0.1, 0.15) is 39.5 Å². The van der Waals surface area contributed by atoms with Crippen LogP contribution in [0, 0.1) is 55.8 Å². The van der Waals surface area contributed by atoms with Gasteiger partial charge in [-0.2, -0.15) is 0 Å². The molecule has 0 spiro atoms. The standard InChI is InChI=1S/C21H28.2CH3.2ClH.Zr/c1-21(2,15-9-3-4-10-15)20-18-13-7-5-11-16(18)17-12-6-8-14-19(17)20;;;;;/h5-8,11-20H,3-4,9-10H2,1-2H3;2*1H3;2*1H;/q;2*-1;;;+4/p-2. The monoisotopic (exact) mass is 470 g/mol. The molecular weight excluding hydrogens is 438 g/mol. The molecular formula is C23H34Cl2Zr. The van der Waals surface area contributed by atoms with E-state index in [0.717, 1.165) is 35.5 Å². The maximum absolute atomic E-state index is 4.93. The Balaban J connectivity index is 0.000000635. The van der Waals surface area contributed by atoms with Crippen LogP contribution in [0.3, 0.4) is 0 Å². The van der Waals surface area contributed by atoms with Crippen LogP contribution in [0.4, 0.5) is 0 Å². The minimum atomic E-state index is -0.826. The van der Waals surface area contributed by atoms with Crippen molar-refractivity contribution in [2.45, 2.75) is 39.5 Å². The Labute approximate surface area is 180 Å². The van der Waals surface area contributed by atoms with Gasteiger partial charge in [0.15, 0.2) is 0 Å². The van der Waals surface area contributed by atoms with Gasteiger partial charge in [-0.15, -0.1) is 0 Å². The van der Waals surface area contributed by atoms with Gasteiger partial charge in [-0.1, -0.05) is 75.3 Å². The fourth-order valence-electron chi connectivity index (χ4n) is 5.96. The fraction of sp³-hybridized carbons (Fsp3) is 0.565. The van der Waals surface area contributed by atoms with Crippen molar-refractivity contribution >= 4 is 17.0 Å². The number of hydrogen-bond donors (Lipinski definition) is 0. The average molecular weight is 473 g/mol. The molecule has 4 aliphatic carbocycles. The topological polar surface area (TPSA) is 0 Å². The second kappa shape index (κ2) is 10.8. The first-order valence-electron chi connectivity index (χ1n) is 9.27. The van der Waals surface area contributed by atoms with Crippen molar-refractivity contribution in [2.75, 3.05) is 0 Å². The zero-order valence-corrected chi connectivity index (χ0v) is 20.6. The summed E-state index contributed by atoms with van der Waals surface area (Å²) >= 11 is -0.826. The second-order valence-corrected chi connectivity index (χ2v) is 12.0. The number of halogens is 2. The molecule has 4 aliphatic rings. The number of fused-ring (bicyclic) bond motifs is 3. The van der Waals surface area contributed by atoms with E-state index in [-0.39, 0.29) is 14.9 Å². The number of hydrogen-bond acceptors (Lipinski definition) is 0. The number of allylic oxidation sites excluding steroid dienone is 8. The van der Waals surface area contributed by atoms with Crippen LogP contribution < -0.4 is 0 Å². The van der Waals surface area contributed by atoms with Crippen LogP contribution in [0.25, 0.3) is 0 Å². The molecule has 0 nitrogen and oxygen atoms in total.